The van der Waals surface area contributed by atoms with Gasteiger partial charge < -0.3 is 4.90 Å². The minimum atomic E-state index is 0.643. The lowest BCUT2D eigenvalue weighted by atomic mass is 10.2. The topological polar surface area (TPSA) is 52.8 Å². The number of anilines is 2. The maximum atomic E-state index is 8.92. The summed E-state index contributed by atoms with van der Waals surface area (Å²) in [6.07, 6.45) is 0. The van der Waals surface area contributed by atoms with E-state index in [-0.39, 0.29) is 0 Å². The number of rotatable bonds is 4. The Labute approximate surface area is 140 Å². The van der Waals surface area contributed by atoms with Crippen LogP contribution in [0.2, 0.25) is 0 Å². The molecular weight excluding hydrogens is 360 g/mol. The average Bonchev–Trinajstić information content (AvgIpc) is 3.09. The van der Waals surface area contributed by atoms with Crippen molar-refractivity contribution in [2.75, 3.05) is 4.90 Å². The van der Waals surface area contributed by atoms with Crippen molar-refractivity contribution in [2.45, 2.75) is 6.54 Å². The first-order chi connectivity index (χ1) is 10.8. The summed E-state index contributed by atoms with van der Waals surface area (Å²) < 4.78 is 1.05. The SMILES string of the molecule is N#Cc1ccc(N(Cc2ccc(Br)cc2)c2nncs2)cc1. The second-order valence-corrected chi connectivity index (χ2v) is 6.32. The molecule has 0 spiro atoms. The number of hydrogen-bond donors (Lipinski definition) is 0. The van der Waals surface area contributed by atoms with E-state index in [4.69, 9.17) is 5.26 Å². The van der Waals surface area contributed by atoms with Gasteiger partial charge in [0.2, 0.25) is 5.13 Å². The molecule has 0 aliphatic heterocycles. The molecule has 4 nitrogen and oxygen atoms in total. The van der Waals surface area contributed by atoms with Crippen molar-refractivity contribution in [3.8, 4) is 6.07 Å². The predicted octanol–water partition coefficient (Wildman–Crippen LogP) is 4.51. The number of nitriles is 1. The van der Waals surface area contributed by atoms with Gasteiger partial charge in [-0.3, -0.25) is 0 Å². The number of benzene rings is 2. The van der Waals surface area contributed by atoms with E-state index in [9.17, 15) is 0 Å². The van der Waals surface area contributed by atoms with Crippen molar-refractivity contribution in [1.29, 1.82) is 5.26 Å². The molecule has 0 N–H and O–H groups in total. The van der Waals surface area contributed by atoms with Crippen molar-refractivity contribution in [1.82, 2.24) is 10.2 Å². The molecule has 0 aliphatic rings. The highest BCUT2D eigenvalue weighted by molar-refractivity contribution is 9.10. The summed E-state index contributed by atoms with van der Waals surface area (Å²) in [5.74, 6) is 0. The molecule has 1 aromatic heterocycles. The van der Waals surface area contributed by atoms with Crippen molar-refractivity contribution >= 4 is 38.1 Å². The smallest absolute Gasteiger partial charge is 0.212 e. The summed E-state index contributed by atoms with van der Waals surface area (Å²) in [6, 6.07) is 17.8. The number of hydrogen-bond acceptors (Lipinski definition) is 5. The Hall–Kier alpha value is -2.23. The molecule has 0 amide bonds. The van der Waals surface area contributed by atoms with Crippen LogP contribution in [0.25, 0.3) is 0 Å². The minimum absolute atomic E-state index is 0.643. The molecule has 0 saturated carbocycles. The van der Waals surface area contributed by atoms with Gasteiger partial charge in [0.25, 0.3) is 0 Å². The molecule has 0 fully saturated rings. The van der Waals surface area contributed by atoms with Crippen LogP contribution in [-0.4, -0.2) is 10.2 Å². The maximum Gasteiger partial charge on any atom is 0.212 e. The fourth-order valence-electron chi connectivity index (χ4n) is 2.04. The van der Waals surface area contributed by atoms with Crippen LogP contribution < -0.4 is 4.90 Å². The molecule has 1 heterocycles. The van der Waals surface area contributed by atoms with Crippen LogP contribution in [0.1, 0.15) is 11.1 Å². The van der Waals surface area contributed by atoms with Gasteiger partial charge in [-0.05, 0) is 42.0 Å². The zero-order valence-corrected chi connectivity index (χ0v) is 13.9. The first-order valence-corrected chi connectivity index (χ1v) is 8.22. The lowest BCUT2D eigenvalue weighted by Gasteiger charge is -2.21. The Kier molecular flexibility index (Phi) is 4.47. The summed E-state index contributed by atoms with van der Waals surface area (Å²) in [5, 5.41) is 17.8. The van der Waals surface area contributed by atoms with Crippen LogP contribution in [0, 0.1) is 11.3 Å². The van der Waals surface area contributed by atoms with Gasteiger partial charge >= 0.3 is 0 Å². The summed E-state index contributed by atoms with van der Waals surface area (Å²) in [5.41, 5.74) is 4.51. The largest absolute Gasteiger partial charge is 0.312 e. The fraction of sp³-hybridized carbons (Fsp3) is 0.0625. The van der Waals surface area contributed by atoms with Crippen molar-refractivity contribution in [3.63, 3.8) is 0 Å². The maximum absolute atomic E-state index is 8.92. The molecule has 0 saturated heterocycles. The van der Waals surface area contributed by atoms with E-state index >= 15 is 0 Å². The van der Waals surface area contributed by atoms with Gasteiger partial charge in [-0.1, -0.05) is 39.4 Å². The van der Waals surface area contributed by atoms with Crippen LogP contribution in [0.3, 0.4) is 0 Å². The van der Waals surface area contributed by atoms with Gasteiger partial charge in [0.1, 0.15) is 5.51 Å². The van der Waals surface area contributed by atoms with E-state index in [0.717, 1.165) is 15.3 Å². The average molecular weight is 371 g/mol. The van der Waals surface area contributed by atoms with Crippen molar-refractivity contribution < 1.29 is 0 Å². The highest BCUT2D eigenvalue weighted by atomic mass is 79.9. The second-order valence-electron chi connectivity index (χ2n) is 4.59. The van der Waals surface area contributed by atoms with Crippen LogP contribution >= 0.6 is 27.3 Å². The third kappa shape index (κ3) is 3.32. The Balaban J connectivity index is 1.93. The first-order valence-electron chi connectivity index (χ1n) is 6.54. The van der Waals surface area contributed by atoms with Gasteiger partial charge in [-0.25, -0.2) is 0 Å². The molecule has 3 aromatic rings. The monoisotopic (exact) mass is 370 g/mol. The van der Waals surface area contributed by atoms with Gasteiger partial charge in [0.15, 0.2) is 0 Å². The predicted molar refractivity (Wildman–Crippen MR) is 91.1 cm³/mol. The van der Waals surface area contributed by atoms with Gasteiger partial charge in [0.05, 0.1) is 18.2 Å². The molecule has 0 radical (unpaired) electrons. The number of halogens is 1. The molecule has 3 rings (SSSR count). The van der Waals surface area contributed by atoms with Crippen LogP contribution in [-0.2, 0) is 6.54 Å². The fourth-order valence-corrected chi connectivity index (χ4v) is 2.89. The number of aromatic nitrogens is 2. The van der Waals surface area contributed by atoms with E-state index in [1.165, 1.54) is 16.9 Å². The van der Waals surface area contributed by atoms with Crippen molar-refractivity contribution in [2.24, 2.45) is 0 Å². The molecule has 0 bridgehead atoms. The zero-order valence-electron chi connectivity index (χ0n) is 11.5. The van der Waals surface area contributed by atoms with Gasteiger partial charge in [-0.15, -0.1) is 10.2 Å². The third-order valence-corrected chi connectivity index (χ3v) is 4.38. The second kappa shape index (κ2) is 6.69. The van der Waals surface area contributed by atoms with Crippen molar-refractivity contribution in [3.05, 3.63) is 69.6 Å². The first kappa shape index (κ1) is 14.7. The summed E-state index contributed by atoms with van der Waals surface area (Å²) >= 11 is 4.93. The summed E-state index contributed by atoms with van der Waals surface area (Å²) in [7, 11) is 0. The van der Waals surface area contributed by atoms with E-state index in [2.05, 4.69) is 49.2 Å². The van der Waals surface area contributed by atoms with E-state index < -0.39 is 0 Å². The molecule has 2 aromatic carbocycles. The molecule has 22 heavy (non-hydrogen) atoms. The molecular formula is C16H11BrN4S. The van der Waals surface area contributed by atoms with Crippen LogP contribution in [0.4, 0.5) is 10.8 Å². The minimum Gasteiger partial charge on any atom is -0.312 e. The quantitative estimate of drug-likeness (QED) is 0.677. The van der Waals surface area contributed by atoms with E-state index in [1.54, 1.807) is 5.51 Å². The van der Waals surface area contributed by atoms with E-state index in [1.807, 2.05) is 36.4 Å². The standard InChI is InChI=1S/C16H11BrN4S/c17-14-5-1-13(2-6-14)10-21(16-20-19-11-22-16)15-7-3-12(9-18)4-8-15/h1-8,11H,10H2. The van der Waals surface area contributed by atoms with Gasteiger partial charge in [0, 0.05) is 10.2 Å². The Bertz CT molecular complexity index is 777. The lowest BCUT2D eigenvalue weighted by molar-refractivity contribution is 0.937. The van der Waals surface area contributed by atoms with Crippen LogP contribution in [0.5, 0.6) is 0 Å². The Morgan fingerprint density at radius 3 is 2.41 bits per heavy atom. The Morgan fingerprint density at radius 2 is 1.82 bits per heavy atom. The van der Waals surface area contributed by atoms with Gasteiger partial charge in [-0.2, -0.15) is 5.26 Å². The molecule has 0 aliphatic carbocycles. The lowest BCUT2D eigenvalue weighted by Crippen LogP contribution is -2.16. The zero-order chi connectivity index (χ0) is 15.4. The molecule has 108 valence electrons. The molecule has 0 atom stereocenters. The molecule has 0 unspecified atom stereocenters. The number of nitrogens with zero attached hydrogens (tertiary/aromatic N) is 4. The summed E-state index contributed by atoms with van der Waals surface area (Å²) in [6.45, 7) is 0.689. The molecule has 6 heteroatoms. The normalized spacial score (nSPS) is 10.2. The van der Waals surface area contributed by atoms with Crippen LogP contribution in [0.15, 0.2) is 58.5 Å². The highest BCUT2D eigenvalue weighted by Gasteiger charge is 2.13. The summed E-state index contributed by atoms with van der Waals surface area (Å²) in [4.78, 5) is 2.09. The van der Waals surface area contributed by atoms with E-state index in [0.29, 0.717) is 12.1 Å². The highest BCUT2D eigenvalue weighted by Crippen LogP contribution is 2.29. The third-order valence-electron chi connectivity index (χ3n) is 3.14. The Morgan fingerprint density at radius 1 is 1.09 bits per heavy atom.